The lowest BCUT2D eigenvalue weighted by atomic mass is 9.70. The molecule has 4 saturated heterocycles. The van der Waals surface area contributed by atoms with Gasteiger partial charge in [-0.1, -0.05) is 71.3 Å². The molecule has 1 unspecified atom stereocenters. The number of amides is 3. The molecule has 1 aromatic carbocycles. The maximum Gasteiger partial charge on any atom is 0.306 e. The molecule has 2 N–H and O–H groups in total. The molecular weight excluding hydrogens is 720 g/mol. The van der Waals surface area contributed by atoms with Crippen LogP contribution < -0.4 is 5.32 Å². The third-order valence-corrected chi connectivity index (χ3v) is 11.4. The SMILES string of the molecule is C=CCCC(=O)OC[C@H](NC(=O)[C@@H]1[C@H]2O[C@@]3(CC2Br)[C@H](C(=O)N(CC=C)CCN2CCOCC2)N(CCCCCCO)C(=O)[C@@H]13)c1ccccc1. The molecule has 12 nitrogen and oxygen atoms in total. The fourth-order valence-electron chi connectivity index (χ4n) is 8.05. The number of likely N-dealkylation sites (tertiary alicyclic amines) is 1. The molecule has 0 aliphatic carbocycles. The highest BCUT2D eigenvalue weighted by Crippen LogP contribution is 2.60. The molecule has 3 amide bonds. The Hall–Kier alpha value is -3.10. The first-order chi connectivity index (χ1) is 24.7. The van der Waals surface area contributed by atoms with E-state index >= 15 is 0 Å². The van der Waals surface area contributed by atoms with Crippen LogP contribution in [0.4, 0.5) is 0 Å². The van der Waals surface area contributed by atoms with E-state index in [1.54, 1.807) is 22.0 Å². The topological polar surface area (TPSA) is 138 Å². The number of aliphatic hydroxyl groups is 1. The summed E-state index contributed by atoms with van der Waals surface area (Å²) in [5, 5.41) is 12.4. The summed E-state index contributed by atoms with van der Waals surface area (Å²) >= 11 is 3.77. The van der Waals surface area contributed by atoms with Crippen molar-refractivity contribution in [1.29, 1.82) is 0 Å². The summed E-state index contributed by atoms with van der Waals surface area (Å²) in [6, 6.07) is 7.71. The number of unbranched alkanes of at least 4 members (excludes halogenated alkanes) is 3. The highest BCUT2D eigenvalue weighted by atomic mass is 79.9. The summed E-state index contributed by atoms with van der Waals surface area (Å²) in [4.78, 5) is 61.6. The Morgan fingerprint density at radius 1 is 1.10 bits per heavy atom. The quantitative estimate of drug-likeness (QED) is 0.0888. The number of rotatable bonds is 20. The molecule has 2 bridgehead atoms. The van der Waals surface area contributed by atoms with Gasteiger partial charge in [0.1, 0.15) is 18.2 Å². The van der Waals surface area contributed by atoms with Crippen LogP contribution in [0.3, 0.4) is 0 Å². The second-order valence-corrected chi connectivity index (χ2v) is 15.0. The van der Waals surface area contributed by atoms with Gasteiger partial charge in [-0.15, -0.1) is 13.2 Å². The van der Waals surface area contributed by atoms with Gasteiger partial charge in [-0.3, -0.25) is 24.1 Å². The zero-order valence-corrected chi connectivity index (χ0v) is 31.1. The number of hydrogen-bond donors (Lipinski definition) is 2. The summed E-state index contributed by atoms with van der Waals surface area (Å²) in [5.41, 5.74) is -0.440. The molecule has 0 aromatic heterocycles. The number of ether oxygens (including phenoxy) is 3. The third-order valence-electron chi connectivity index (χ3n) is 10.6. The lowest BCUT2D eigenvalue weighted by molar-refractivity contribution is -0.148. The Balaban J connectivity index is 1.41. The van der Waals surface area contributed by atoms with Crippen molar-refractivity contribution in [2.75, 3.05) is 65.7 Å². The first-order valence-corrected chi connectivity index (χ1v) is 19.2. The van der Waals surface area contributed by atoms with Crippen LogP contribution in [0.1, 0.15) is 56.6 Å². The van der Waals surface area contributed by atoms with Gasteiger partial charge in [0.25, 0.3) is 0 Å². The number of allylic oxidation sites excluding steroid dienone is 1. The maximum atomic E-state index is 14.8. The van der Waals surface area contributed by atoms with E-state index in [2.05, 4.69) is 39.3 Å². The summed E-state index contributed by atoms with van der Waals surface area (Å²) in [6.45, 7) is 12.2. The Morgan fingerprint density at radius 3 is 2.55 bits per heavy atom. The first-order valence-electron chi connectivity index (χ1n) is 18.3. The van der Waals surface area contributed by atoms with Crippen molar-refractivity contribution in [2.24, 2.45) is 11.8 Å². The highest BCUT2D eigenvalue weighted by Gasteiger charge is 2.76. The predicted octanol–water partition coefficient (Wildman–Crippen LogP) is 3.00. The van der Waals surface area contributed by atoms with Crippen LogP contribution in [0, 0.1) is 11.8 Å². The number of carbonyl (C=O) groups is 4. The van der Waals surface area contributed by atoms with Crippen molar-refractivity contribution in [3.05, 3.63) is 61.2 Å². The van der Waals surface area contributed by atoms with E-state index in [9.17, 15) is 24.3 Å². The zero-order valence-electron chi connectivity index (χ0n) is 29.5. The Labute approximate surface area is 309 Å². The number of morpholine rings is 1. The smallest absolute Gasteiger partial charge is 0.306 e. The lowest BCUT2D eigenvalue weighted by Crippen LogP contribution is -2.57. The standard InChI is InChI=1S/C38H53BrN4O8/c1-3-5-15-30(45)50-26-29(27-13-9-8-10-14-27)40-35(46)31-32-36(47)43(17-11-6-7-12-22-44)34(38(32)25-28(39)33(31)51-38)37(48)42(16-4-2)19-18-41-20-23-49-24-21-41/h3-4,8-10,13-14,28-29,31-34,44H,1-2,5-7,11-12,15-26H2,(H,40,46)/t28?,29-,31-,32+,33-,34-,38+/m0/s1. The van der Waals surface area contributed by atoms with Crippen molar-refractivity contribution in [1.82, 2.24) is 20.0 Å². The van der Waals surface area contributed by atoms with Crippen LogP contribution in [-0.2, 0) is 33.4 Å². The van der Waals surface area contributed by atoms with Crippen molar-refractivity contribution < 1.29 is 38.5 Å². The van der Waals surface area contributed by atoms with Gasteiger partial charge in [0, 0.05) is 57.1 Å². The van der Waals surface area contributed by atoms with E-state index in [4.69, 9.17) is 14.2 Å². The molecule has 4 aliphatic rings. The number of nitrogens with one attached hydrogen (secondary N) is 1. The molecule has 13 heteroatoms. The number of alkyl halides is 1. The van der Waals surface area contributed by atoms with Gasteiger partial charge >= 0.3 is 5.97 Å². The number of halogens is 1. The molecule has 0 saturated carbocycles. The number of esters is 1. The van der Waals surface area contributed by atoms with Crippen LogP contribution in [-0.4, -0.2) is 132 Å². The second-order valence-electron chi connectivity index (χ2n) is 13.8. The van der Waals surface area contributed by atoms with Gasteiger partial charge in [0.05, 0.1) is 37.2 Å². The molecular formula is C38H53BrN4O8. The van der Waals surface area contributed by atoms with E-state index in [0.29, 0.717) is 65.1 Å². The Morgan fingerprint density at radius 2 is 1.84 bits per heavy atom. The highest BCUT2D eigenvalue weighted by molar-refractivity contribution is 9.09. The zero-order chi connectivity index (χ0) is 36.4. The van der Waals surface area contributed by atoms with E-state index in [-0.39, 0.29) is 42.2 Å². The van der Waals surface area contributed by atoms with Crippen molar-refractivity contribution in [3.8, 4) is 0 Å². The second kappa shape index (κ2) is 18.6. The minimum absolute atomic E-state index is 0.0772. The fraction of sp³-hybridized carbons (Fsp3) is 0.632. The Bertz CT molecular complexity index is 1380. The van der Waals surface area contributed by atoms with Crippen molar-refractivity contribution in [3.63, 3.8) is 0 Å². The number of carbonyl (C=O) groups excluding carboxylic acids is 4. The molecule has 1 aromatic rings. The number of hydrogen-bond acceptors (Lipinski definition) is 9. The maximum absolute atomic E-state index is 14.8. The van der Waals surface area contributed by atoms with E-state index in [1.807, 2.05) is 30.3 Å². The van der Waals surface area contributed by atoms with Crippen LogP contribution >= 0.6 is 15.9 Å². The molecule has 4 fully saturated rings. The summed E-state index contributed by atoms with van der Waals surface area (Å²) in [6.07, 6.45) is 6.70. The first kappa shape index (κ1) is 39.1. The molecule has 4 heterocycles. The summed E-state index contributed by atoms with van der Waals surface area (Å²) in [5.74, 6) is -2.96. The summed E-state index contributed by atoms with van der Waals surface area (Å²) in [7, 11) is 0. The average Bonchev–Trinajstić information content (AvgIpc) is 3.74. The van der Waals surface area contributed by atoms with Crippen molar-refractivity contribution >= 4 is 39.6 Å². The van der Waals surface area contributed by atoms with E-state index < -0.39 is 41.6 Å². The van der Waals surface area contributed by atoms with Crippen molar-refractivity contribution in [2.45, 2.75) is 73.6 Å². The molecule has 4 aliphatic heterocycles. The molecule has 51 heavy (non-hydrogen) atoms. The third kappa shape index (κ3) is 8.93. The lowest BCUT2D eigenvalue weighted by Gasteiger charge is -2.38. The van der Waals surface area contributed by atoms with Gasteiger partial charge in [-0.05, 0) is 31.2 Å². The van der Waals surface area contributed by atoms with E-state index in [1.165, 1.54) is 0 Å². The van der Waals surface area contributed by atoms with Crippen LogP contribution in [0.25, 0.3) is 0 Å². The summed E-state index contributed by atoms with van der Waals surface area (Å²) < 4.78 is 17.8. The van der Waals surface area contributed by atoms with Gasteiger partial charge in [-0.25, -0.2) is 0 Å². The minimum atomic E-state index is -1.20. The Kier molecular flexibility index (Phi) is 14.3. The molecule has 7 atom stereocenters. The monoisotopic (exact) mass is 772 g/mol. The van der Waals surface area contributed by atoms with Crippen LogP contribution in [0.2, 0.25) is 0 Å². The molecule has 5 rings (SSSR count). The van der Waals surface area contributed by atoms with Gasteiger partial charge in [0.15, 0.2) is 0 Å². The fourth-order valence-corrected chi connectivity index (χ4v) is 8.99. The largest absolute Gasteiger partial charge is 0.463 e. The predicted molar refractivity (Wildman–Crippen MR) is 195 cm³/mol. The van der Waals surface area contributed by atoms with Crippen LogP contribution in [0.5, 0.6) is 0 Å². The molecule has 1 spiro atoms. The van der Waals surface area contributed by atoms with Gasteiger partial charge < -0.3 is 34.4 Å². The van der Waals surface area contributed by atoms with Gasteiger partial charge in [0.2, 0.25) is 17.7 Å². The number of aliphatic hydroxyl groups excluding tert-OH is 1. The number of nitrogens with zero attached hydrogens (tertiary/aromatic N) is 3. The minimum Gasteiger partial charge on any atom is -0.463 e. The number of fused-ring (bicyclic) bond motifs is 1. The van der Waals surface area contributed by atoms with Crippen LogP contribution in [0.15, 0.2) is 55.6 Å². The van der Waals surface area contributed by atoms with E-state index in [0.717, 1.165) is 31.5 Å². The van der Waals surface area contributed by atoms with Gasteiger partial charge in [-0.2, -0.15) is 0 Å². The molecule has 280 valence electrons. The molecule has 0 radical (unpaired) electrons. The number of benzene rings is 1. The average molecular weight is 774 g/mol. The normalized spacial score (nSPS) is 27.5.